The molecule has 3 N–H and O–H groups in total. The van der Waals surface area contributed by atoms with Gasteiger partial charge < -0.3 is 15.1 Å². The molecule has 7 heteroatoms. The lowest BCUT2D eigenvalue weighted by Crippen LogP contribution is -2.37. The fourth-order valence-electron chi connectivity index (χ4n) is 2.04. The van der Waals surface area contributed by atoms with Gasteiger partial charge in [-0.15, -0.1) is 5.10 Å². The first-order valence-electron chi connectivity index (χ1n) is 7.73. The van der Waals surface area contributed by atoms with E-state index in [1.807, 2.05) is 12.1 Å². The molecule has 0 fully saturated rings. The second-order valence-electron chi connectivity index (χ2n) is 5.00. The van der Waals surface area contributed by atoms with Crippen LogP contribution >= 0.6 is 0 Å². The Bertz CT molecular complexity index is 560. The second-order valence-corrected chi connectivity index (χ2v) is 5.00. The fourth-order valence-corrected chi connectivity index (χ4v) is 2.04. The van der Waals surface area contributed by atoms with Crippen LogP contribution in [0.1, 0.15) is 38.4 Å². The summed E-state index contributed by atoms with van der Waals surface area (Å²) < 4.78 is 5.26. The summed E-state index contributed by atoms with van der Waals surface area (Å²) in [5, 5.41) is 13.5. The van der Waals surface area contributed by atoms with Crippen LogP contribution in [0.2, 0.25) is 0 Å². The Morgan fingerprint density at radius 3 is 2.95 bits per heavy atom. The number of guanidine groups is 1. The summed E-state index contributed by atoms with van der Waals surface area (Å²) in [6, 6.07) is 3.64. The van der Waals surface area contributed by atoms with Crippen LogP contribution in [0.25, 0.3) is 11.6 Å². The molecule has 0 bridgehead atoms. The Balaban J connectivity index is 1.74. The van der Waals surface area contributed by atoms with Gasteiger partial charge in [0.1, 0.15) is 5.82 Å². The van der Waals surface area contributed by atoms with Crippen molar-refractivity contribution in [2.45, 2.75) is 39.2 Å². The third kappa shape index (κ3) is 4.91. The van der Waals surface area contributed by atoms with Crippen molar-refractivity contribution in [1.82, 2.24) is 25.8 Å². The number of hydrogen-bond donors (Lipinski definition) is 3. The third-order valence-corrected chi connectivity index (χ3v) is 3.24. The molecular formula is C15H24N6O. The smallest absolute Gasteiger partial charge is 0.216 e. The lowest BCUT2D eigenvalue weighted by atomic mass is 10.2. The van der Waals surface area contributed by atoms with Crippen molar-refractivity contribution in [2.75, 3.05) is 13.6 Å². The van der Waals surface area contributed by atoms with Gasteiger partial charge in [-0.1, -0.05) is 26.2 Å². The summed E-state index contributed by atoms with van der Waals surface area (Å²) in [4.78, 5) is 8.57. The molecule has 0 aliphatic rings. The van der Waals surface area contributed by atoms with Crippen molar-refractivity contribution >= 4 is 5.96 Å². The molecule has 2 rings (SSSR count). The average molecular weight is 304 g/mol. The Morgan fingerprint density at radius 2 is 2.23 bits per heavy atom. The molecule has 2 aromatic heterocycles. The lowest BCUT2D eigenvalue weighted by Gasteiger charge is -2.10. The van der Waals surface area contributed by atoms with E-state index in [1.165, 1.54) is 19.3 Å². The molecule has 0 saturated carbocycles. The number of aromatic amines is 1. The van der Waals surface area contributed by atoms with Gasteiger partial charge >= 0.3 is 0 Å². The Morgan fingerprint density at radius 1 is 1.32 bits per heavy atom. The highest BCUT2D eigenvalue weighted by molar-refractivity contribution is 5.79. The molecule has 0 saturated heterocycles. The van der Waals surface area contributed by atoms with Crippen molar-refractivity contribution in [3.63, 3.8) is 0 Å². The summed E-state index contributed by atoms with van der Waals surface area (Å²) >= 11 is 0. The van der Waals surface area contributed by atoms with Crippen LogP contribution in [-0.4, -0.2) is 34.7 Å². The van der Waals surface area contributed by atoms with Crippen molar-refractivity contribution in [3.05, 3.63) is 24.2 Å². The van der Waals surface area contributed by atoms with Gasteiger partial charge in [0, 0.05) is 13.6 Å². The molecule has 2 heterocycles. The summed E-state index contributed by atoms with van der Waals surface area (Å²) in [6.45, 7) is 3.67. The van der Waals surface area contributed by atoms with E-state index in [0.717, 1.165) is 24.7 Å². The van der Waals surface area contributed by atoms with Gasteiger partial charge in [0.25, 0.3) is 0 Å². The maximum Gasteiger partial charge on any atom is 0.216 e. The quantitative estimate of drug-likeness (QED) is 0.395. The monoisotopic (exact) mass is 304 g/mol. The van der Waals surface area contributed by atoms with Gasteiger partial charge in [-0.05, 0) is 18.6 Å². The predicted molar refractivity (Wildman–Crippen MR) is 86.4 cm³/mol. The van der Waals surface area contributed by atoms with Gasteiger partial charge in [-0.3, -0.25) is 10.1 Å². The number of rotatable bonds is 8. The largest absolute Gasteiger partial charge is 0.461 e. The first-order valence-corrected chi connectivity index (χ1v) is 7.73. The Hall–Kier alpha value is -2.31. The van der Waals surface area contributed by atoms with Crippen molar-refractivity contribution in [2.24, 2.45) is 4.99 Å². The molecule has 0 unspecified atom stereocenters. The number of nitrogens with zero attached hydrogens (tertiary/aromatic N) is 3. The van der Waals surface area contributed by atoms with E-state index in [2.05, 4.69) is 37.7 Å². The topological polar surface area (TPSA) is 91.1 Å². The van der Waals surface area contributed by atoms with Gasteiger partial charge in [0.05, 0.1) is 12.8 Å². The highest BCUT2D eigenvalue weighted by atomic mass is 16.3. The minimum Gasteiger partial charge on any atom is -0.461 e. The molecule has 0 atom stereocenters. The summed E-state index contributed by atoms with van der Waals surface area (Å²) in [7, 11) is 1.76. The van der Waals surface area contributed by atoms with Gasteiger partial charge in [-0.2, -0.15) is 0 Å². The number of hydrogen-bond acceptors (Lipinski definition) is 4. The van der Waals surface area contributed by atoms with Gasteiger partial charge in [-0.25, -0.2) is 4.98 Å². The molecule has 120 valence electrons. The standard InChI is InChI=1S/C15H24N6O/c1-3-4-5-6-9-17-15(16-2)18-11-13-19-14(21-20-13)12-8-7-10-22-12/h7-8,10H,3-6,9,11H2,1-2H3,(H2,16,17,18)(H,19,20,21). The Labute approximate surface area is 130 Å². The summed E-state index contributed by atoms with van der Waals surface area (Å²) in [5.41, 5.74) is 0. The maximum atomic E-state index is 5.26. The summed E-state index contributed by atoms with van der Waals surface area (Å²) in [6.07, 6.45) is 6.53. The van der Waals surface area contributed by atoms with E-state index in [0.29, 0.717) is 18.1 Å². The maximum absolute atomic E-state index is 5.26. The van der Waals surface area contributed by atoms with E-state index in [4.69, 9.17) is 4.42 Å². The van der Waals surface area contributed by atoms with Crippen LogP contribution < -0.4 is 10.6 Å². The van der Waals surface area contributed by atoms with Crippen LogP contribution in [0.5, 0.6) is 0 Å². The van der Waals surface area contributed by atoms with E-state index in [-0.39, 0.29) is 0 Å². The van der Waals surface area contributed by atoms with E-state index in [1.54, 1.807) is 13.3 Å². The van der Waals surface area contributed by atoms with E-state index >= 15 is 0 Å². The zero-order valence-corrected chi connectivity index (χ0v) is 13.2. The number of H-pyrrole nitrogens is 1. The highest BCUT2D eigenvalue weighted by Crippen LogP contribution is 2.14. The number of furan rings is 1. The Kier molecular flexibility index (Phi) is 6.47. The number of unbranched alkanes of at least 4 members (excludes halogenated alkanes) is 3. The first-order chi connectivity index (χ1) is 10.8. The first kappa shape index (κ1) is 16.1. The van der Waals surface area contributed by atoms with Crippen LogP contribution in [0.3, 0.4) is 0 Å². The number of aliphatic imine (C=N–C) groups is 1. The van der Waals surface area contributed by atoms with Crippen LogP contribution in [-0.2, 0) is 6.54 Å². The number of aromatic nitrogens is 3. The van der Waals surface area contributed by atoms with Gasteiger partial charge in [0.15, 0.2) is 11.7 Å². The molecule has 22 heavy (non-hydrogen) atoms. The van der Waals surface area contributed by atoms with Crippen molar-refractivity contribution < 1.29 is 4.42 Å². The molecule has 0 radical (unpaired) electrons. The molecule has 0 aliphatic carbocycles. The van der Waals surface area contributed by atoms with Crippen LogP contribution in [0.4, 0.5) is 0 Å². The summed E-state index contributed by atoms with van der Waals surface area (Å²) in [5.74, 6) is 2.72. The molecule has 7 nitrogen and oxygen atoms in total. The van der Waals surface area contributed by atoms with Crippen LogP contribution in [0, 0.1) is 0 Å². The third-order valence-electron chi connectivity index (χ3n) is 3.24. The minimum absolute atomic E-state index is 0.530. The molecular weight excluding hydrogens is 280 g/mol. The molecule has 0 aromatic carbocycles. The van der Waals surface area contributed by atoms with Crippen molar-refractivity contribution in [3.8, 4) is 11.6 Å². The fraction of sp³-hybridized carbons (Fsp3) is 0.533. The van der Waals surface area contributed by atoms with E-state index in [9.17, 15) is 0 Å². The molecule has 0 spiro atoms. The highest BCUT2D eigenvalue weighted by Gasteiger charge is 2.08. The van der Waals surface area contributed by atoms with Gasteiger partial charge in [0.2, 0.25) is 5.82 Å². The zero-order valence-electron chi connectivity index (χ0n) is 13.2. The average Bonchev–Trinajstić information content (AvgIpc) is 3.20. The number of nitrogens with one attached hydrogen (secondary N) is 3. The normalized spacial score (nSPS) is 11.6. The zero-order chi connectivity index (χ0) is 15.6. The molecule has 2 aromatic rings. The second kappa shape index (κ2) is 8.86. The minimum atomic E-state index is 0.530. The lowest BCUT2D eigenvalue weighted by molar-refractivity contribution is 0.577. The van der Waals surface area contributed by atoms with Crippen LogP contribution in [0.15, 0.2) is 27.8 Å². The van der Waals surface area contributed by atoms with Crippen molar-refractivity contribution in [1.29, 1.82) is 0 Å². The SMILES string of the molecule is CCCCCCNC(=NC)NCc1nc(-c2ccco2)n[nH]1. The van der Waals surface area contributed by atoms with E-state index < -0.39 is 0 Å². The predicted octanol–water partition coefficient (Wildman–Crippen LogP) is 2.31. The molecule has 0 aliphatic heterocycles. The molecule has 0 amide bonds.